The Hall–Kier alpha value is -4.09. The van der Waals surface area contributed by atoms with Crippen molar-refractivity contribution in [3.8, 4) is 0 Å². The van der Waals surface area contributed by atoms with E-state index in [1.807, 2.05) is 12.3 Å². The van der Waals surface area contributed by atoms with E-state index in [-0.39, 0.29) is 22.4 Å². The van der Waals surface area contributed by atoms with Crippen LogP contribution in [-0.2, 0) is 13.1 Å². The maximum absolute atomic E-state index is 14.1. The minimum Gasteiger partial charge on any atom is -0.455 e. The fraction of sp³-hybridized carbons (Fsp3) is 0.240. The Balaban J connectivity index is 1.23. The largest absolute Gasteiger partial charge is 0.455 e. The summed E-state index contributed by atoms with van der Waals surface area (Å²) in [6, 6.07) is 8.73. The lowest BCUT2D eigenvalue weighted by molar-refractivity contribution is 0.0976. The first kappa shape index (κ1) is 23.6. The standard InChI is InChI=1S/C25H23F2N5O4/c26-16-10-18-21(23(24(28)33)36-22(18)19(27)11-16)30-25(34)20-4-3-17(35-20)14-32-8-6-31(7-9-32)13-15-2-1-5-29-12-15/h1-5,10-12H,6-9,13-14H2,(H2,28,33)(H,30,34). The Morgan fingerprint density at radius 2 is 1.78 bits per heavy atom. The van der Waals surface area contributed by atoms with Crippen molar-refractivity contribution in [3.63, 3.8) is 0 Å². The highest BCUT2D eigenvalue weighted by Crippen LogP contribution is 2.33. The van der Waals surface area contributed by atoms with Crippen molar-refractivity contribution >= 4 is 28.5 Å². The number of carbonyl (C=O) groups is 2. The summed E-state index contributed by atoms with van der Waals surface area (Å²) < 4.78 is 38.7. The molecule has 3 N–H and O–H groups in total. The van der Waals surface area contributed by atoms with Crippen LogP contribution in [0, 0.1) is 11.6 Å². The van der Waals surface area contributed by atoms with E-state index in [9.17, 15) is 18.4 Å². The van der Waals surface area contributed by atoms with Crippen molar-refractivity contribution in [1.82, 2.24) is 14.8 Å². The summed E-state index contributed by atoms with van der Waals surface area (Å²) in [5.41, 5.74) is 5.87. The molecular formula is C25H23F2N5O4. The molecule has 0 bridgehead atoms. The van der Waals surface area contributed by atoms with E-state index in [1.165, 1.54) is 11.6 Å². The summed E-state index contributed by atoms with van der Waals surface area (Å²) in [5, 5.41) is 2.33. The number of pyridine rings is 1. The lowest BCUT2D eigenvalue weighted by Gasteiger charge is -2.34. The number of amides is 2. The predicted octanol–water partition coefficient (Wildman–Crippen LogP) is 3.37. The molecule has 0 aliphatic carbocycles. The molecular weight excluding hydrogens is 472 g/mol. The third kappa shape index (κ3) is 4.97. The predicted molar refractivity (Wildman–Crippen MR) is 126 cm³/mol. The summed E-state index contributed by atoms with van der Waals surface area (Å²) in [6.45, 7) is 4.81. The highest BCUT2D eigenvalue weighted by molar-refractivity contribution is 6.13. The van der Waals surface area contributed by atoms with Crippen molar-refractivity contribution < 1.29 is 27.2 Å². The zero-order chi connectivity index (χ0) is 25.2. The van der Waals surface area contributed by atoms with Crippen LogP contribution in [-0.4, -0.2) is 52.8 Å². The number of hydrogen-bond acceptors (Lipinski definition) is 7. The van der Waals surface area contributed by atoms with Crippen molar-refractivity contribution in [1.29, 1.82) is 0 Å². The van der Waals surface area contributed by atoms with Gasteiger partial charge in [0.15, 0.2) is 17.2 Å². The van der Waals surface area contributed by atoms with Crippen molar-refractivity contribution in [2.75, 3.05) is 31.5 Å². The number of carbonyl (C=O) groups excluding carboxylic acids is 2. The number of aromatic nitrogens is 1. The van der Waals surface area contributed by atoms with Crippen LogP contribution in [0.25, 0.3) is 11.0 Å². The van der Waals surface area contributed by atoms with Gasteiger partial charge in [0.1, 0.15) is 17.3 Å². The number of nitrogens with one attached hydrogen (secondary N) is 1. The van der Waals surface area contributed by atoms with Crippen molar-refractivity contribution in [2.45, 2.75) is 13.1 Å². The van der Waals surface area contributed by atoms with Gasteiger partial charge < -0.3 is 19.9 Å². The topological polar surface area (TPSA) is 118 Å². The number of primary amides is 1. The van der Waals surface area contributed by atoms with Crippen LogP contribution >= 0.6 is 0 Å². The first-order valence-corrected chi connectivity index (χ1v) is 11.3. The van der Waals surface area contributed by atoms with Crippen LogP contribution in [0.3, 0.4) is 0 Å². The monoisotopic (exact) mass is 495 g/mol. The molecule has 186 valence electrons. The second-order valence-corrected chi connectivity index (χ2v) is 8.57. The van der Waals surface area contributed by atoms with E-state index < -0.39 is 29.2 Å². The molecule has 1 aliphatic rings. The van der Waals surface area contributed by atoms with E-state index in [0.717, 1.165) is 38.8 Å². The zero-order valence-electron chi connectivity index (χ0n) is 19.2. The van der Waals surface area contributed by atoms with Gasteiger partial charge in [-0.2, -0.15) is 0 Å². The number of benzene rings is 1. The number of fused-ring (bicyclic) bond motifs is 1. The molecule has 3 aromatic heterocycles. The Kier molecular flexibility index (Phi) is 6.49. The van der Waals surface area contributed by atoms with Gasteiger partial charge >= 0.3 is 0 Å². The molecule has 4 heterocycles. The molecule has 9 nitrogen and oxygen atoms in total. The van der Waals surface area contributed by atoms with Gasteiger partial charge in [0, 0.05) is 51.2 Å². The van der Waals surface area contributed by atoms with Crippen LogP contribution in [0.4, 0.5) is 14.5 Å². The second-order valence-electron chi connectivity index (χ2n) is 8.57. The SMILES string of the molecule is NC(=O)c1oc2c(F)cc(F)cc2c1NC(=O)c1ccc(CN2CCN(Cc3cccnc3)CC2)o1. The Morgan fingerprint density at radius 1 is 1.03 bits per heavy atom. The summed E-state index contributed by atoms with van der Waals surface area (Å²) in [6.07, 6.45) is 3.63. The second kappa shape index (κ2) is 9.88. The fourth-order valence-electron chi connectivity index (χ4n) is 4.26. The Labute approximate surface area is 204 Å². The van der Waals surface area contributed by atoms with Gasteiger partial charge in [-0.25, -0.2) is 8.78 Å². The number of nitrogens with two attached hydrogens (primary N) is 1. The van der Waals surface area contributed by atoms with Gasteiger partial charge in [-0.1, -0.05) is 6.07 Å². The van der Waals surface area contributed by atoms with Gasteiger partial charge in [0.05, 0.1) is 11.9 Å². The number of rotatable bonds is 7. The number of nitrogens with zero attached hydrogens (tertiary/aromatic N) is 3. The van der Waals surface area contributed by atoms with Crippen LogP contribution in [0.1, 0.15) is 32.4 Å². The molecule has 0 atom stereocenters. The molecule has 1 aromatic carbocycles. The number of halogens is 2. The molecule has 0 spiro atoms. The number of anilines is 1. The number of piperazine rings is 1. The van der Waals surface area contributed by atoms with E-state index >= 15 is 0 Å². The average Bonchev–Trinajstić information content (AvgIpc) is 3.46. The molecule has 2 amide bonds. The zero-order valence-corrected chi connectivity index (χ0v) is 19.2. The third-order valence-electron chi connectivity index (χ3n) is 6.03. The fourth-order valence-corrected chi connectivity index (χ4v) is 4.26. The summed E-state index contributed by atoms with van der Waals surface area (Å²) in [4.78, 5) is 33.3. The van der Waals surface area contributed by atoms with Crippen molar-refractivity contribution in [3.05, 3.63) is 83.3 Å². The highest BCUT2D eigenvalue weighted by Gasteiger charge is 2.25. The van der Waals surface area contributed by atoms with Crippen molar-refractivity contribution in [2.24, 2.45) is 5.73 Å². The summed E-state index contributed by atoms with van der Waals surface area (Å²) in [7, 11) is 0. The van der Waals surface area contributed by atoms with Crippen LogP contribution in [0.2, 0.25) is 0 Å². The van der Waals surface area contributed by atoms with E-state index in [0.29, 0.717) is 18.4 Å². The smallest absolute Gasteiger partial charge is 0.291 e. The minimum absolute atomic E-state index is 0.0261. The maximum atomic E-state index is 14.1. The molecule has 11 heteroatoms. The van der Waals surface area contributed by atoms with E-state index in [4.69, 9.17) is 14.6 Å². The molecule has 1 aliphatic heterocycles. The van der Waals surface area contributed by atoms with E-state index in [1.54, 1.807) is 12.3 Å². The van der Waals surface area contributed by atoms with Crippen LogP contribution in [0.15, 0.2) is 57.6 Å². The van der Waals surface area contributed by atoms with E-state index in [2.05, 4.69) is 26.2 Å². The molecule has 1 fully saturated rings. The first-order chi connectivity index (χ1) is 17.4. The number of hydrogen-bond donors (Lipinski definition) is 2. The van der Waals surface area contributed by atoms with Gasteiger partial charge in [-0.3, -0.25) is 24.4 Å². The maximum Gasteiger partial charge on any atom is 0.291 e. The Bertz CT molecular complexity index is 1410. The molecule has 5 rings (SSSR count). The molecule has 0 radical (unpaired) electrons. The van der Waals surface area contributed by atoms with Crippen LogP contribution < -0.4 is 11.1 Å². The lowest BCUT2D eigenvalue weighted by Crippen LogP contribution is -2.45. The lowest BCUT2D eigenvalue weighted by atomic mass is 10.2. The minimum atomic E-state index is -1.04. The Morgan fingerprint density at radius 3 is 2.47 bits per heavy atom. The van der Waals surface area contributed by atoms with Gasteiger partial charge in [-0.05, 0) is 29.8 Å². The summed E-state index contributed by atoms with van der Waals surface area (Å²) in [5.74, 6) is -3.59. The molecule has 0 unspecified atom stereocenters. The molecule has 36 heavy (non-hydrogen) atoms. The van der Waals surface area contributed by atoms with Crippen LogP contribution in [0.5, 0.6) is 0 Å². The third-order valence-corrected chi connectivity index (χ3v) is 6.03. The highest BCUT2D eigenvalue weighted by atomic mass is 19.1. The van der Waals surface area contributed by atoms with Gasteiger partial charge in [0.25, 0.3) is 11.8 Å². The summed E-state index contributed by atoms with van der Waals surface area (Å²) >= 11 is 0. The average molecular weight is 495 g/mol. The quantitative estimate of drug-likeness (QED) is 0.404. The first-order valence-electron chi connectivity index (χ1n) is 11.3. The number of furan rings is 2. The molecule has 0 saturated carbocycles. The molecule has 1 saturated heterocycles. The van der Waals surface area contributed by atoms with Gasteiger partial charge in [-0.15, -0.1) is 0 Å². The van der Waals surface area contributed by atoms with Gasteiger partial charge in [0.2, 0.25) is 5.76 Å². The molecule has 4 aromatic rings. The normalized spacial score (nSPS) is 14.8.